The van der Waals surface area contributed by atoms with Crippen LogP contribution in [0.4, 0.5) is 10.2 Å². The van der Waals surface area contributed by atoms with Gasteiger partial charge in [0.05, 0.1) is 23.1 Å². The predicted molar refractivity (Wildman–Crippen MR) is 145 cm³/mol. The molecule has 2 aliphatic rings. The Morgan fingerprint density at radius 3 is 2.79 bits per heavy atom. The molecular weight excluding hydrogens is 483 g/mol. The van der Waals surface area contributed by atoms with Crippen molar-refractivity contribution in [1.82, 2.24) is 25.1 Å². The molecule has 5 aromatic rings. The third-order valence-corrected chi connectivity index (χ3v) is 7.75. The molecule has 0 spiro atoms. The summed E-state index contributed by atoms with van der Waals surface area (Å²) >= 11 is 0. The van der Waals surface area contributed by atoms with Crippen LogP contribution in [0, 0.1) is 5.82 Å². The van der Waals surface area contributed by atoms with Gasteiger partial charge in [0.2, 0.25) is 0 Å². The van der Waals surface area contributed by atoms with E-state index in [2.05, 4.69) is 25.8 Å². The Morgan fingerprint density at radius 2 is 2.00 bits per heavy atom. The summed E-state index contributed by atoms with van der Waals surface area (Å²) in [5, 5.41) is 26.4. The van der Waals surface area contributed by atoms with Gasteiger partial charge in [0, 0.05) is 30.5 Å². The number of aliphatic hydroxyl groups is 1. The van der Waals surface area contributed by atoms with E-state index in [1.807, 2.05) is 24.3 Å². The van der Waals surface area contributed by atoms with E-state index in [0.29, 0.717) is 34.0 Å². The summed E-state index contributed by atoms with van der Waals surface area (Å²) in [4.78, 5) is 18.0. The molecule has 38 heavy (non-hydrogen) atoms. The third kappa shape index (κ3) is 3.77. The van der Waals surface area contributed by atoms with Crippen LogP contribution in [0.15, 0.2) is 59.7 Å². The molecule has 2 aromatic carbocycles. The van der Waals surface area contributed by atoms with Gasteiger partial charge in [-0.3, -0.25) is 14.5 Å². The number of hydrogen-bond acceptors (Lipinski definition) is 6. The highest BCUT2D eigenvalue weighted by Crippen LogP contribution is 2.41. The van der Waals surface area contributed by atoms with Gasteiger partial charge in [-0.15, -0.1) is 0 Å². The molecular formula is C29H27FN6O2. The van der Waals surface area contributed by atoms with Gasteiger partial charge < -0.3 is 15.7 Å². The average Bonchev–Trinajstić information content (AvgIpc) is 3.51. The molecule has 2 fully saturated rings. The third-order valence-electron chi connectivity index (χ3n) is 7.75. The summed E-state index contributed by atoms with van der Waals surface area (Å²) in [5.41, 5.74) is 3.77. The molecule has 0 bridgehead atoms. The highest BCUT2D eigenvalue weighted by atomic mass is 19.1. The summed E-state index contributed by atoms with van der Waals surface area (Å²) in [6, 6.07) is 12.9. The topological polar surface area (TPSA) is 108 Å². The minimum Gasteiger partial charge on any atom is -0.392 e. The van der Waals surface area contributed by atoms with E-state index in [1.165, 1.54) is 10.6 Å². The number of nitrogens with one attached hydrogen (secondary N) is 3. The van der Waals surface area contributed by atoms with E-state index in [-0.39, 0.29) is 18.0 Å². The molecule has 3 aromatic heterocycles. The van der Waals surface area contributed by atoms with Crippen LogP contribution in [0.2, 0.25) is 0 Å². The van der Waals surface area contributed by atoms with Crippen LogP contribution in [0.5, 0.6) is 0 Å². The van der Waals surface area contributed by atoms with Crippen LogP contribution in [0.1, 0.15) is 36.3 Å². The van der Waals surface area contributed by atoms with Gasteiger partial charge in [-0.05, 0) is 78.1 Å². The maximum Gasteiger partial charge on any atom is 0.265 e. The second kappa shape index (κ2) is 9.04. The first kappa shape index (κ1) is 23.1. The van der Waals surface area contributed by atoms with Crippen molar-refractivity contribution in [2.75, 3.05) is 18.4 Å². The van der Waals surface area contributed by atoms with Gasteiger partial charge in [0.15, 0.2) is 11.5 Å². The molecule has 192 valence electrons. The molecule has 1 saturated carbocycles. The molecule has 0 unspecified atom stereocenters. The van der Waals surface area contributed by atoms with Crippen LogP contribution in [0.25, 0.3) is 38.6 Å². The number of anilines is 1. The zero-order valence-electron chi connectivity index (χ0n) is 20.7. The summed E-state index contributed by atoms with van der Waals surface area (Å²) in [6.07, 6.45) is 6.47. The number of H-pyrrole nitrogens is 1. The molecule has 9 heteroatoms. The van der Waals surface area contributed by atoms with Gasteiger partial charge in [-0.1, -0.05) is 18.2 Å². The molecule has 1 saturated heterocycles. The summed E-state index contributed by atoms with van der Waals surface area (Å²) in [6.45, 7) is 1.49. The van der Waals surface area contributed by atoms with Crippen LogP contribution in [-0.4, -0.2) is 44.0 Å². The Balaban J connectivity index is 1.38. The molecule has 1 aliphatic heterocycles. The molecule has 1 aliphatic carbocycles. The minimum absolute atomic E-state index is 0.0592. The van der Waals surface area contributed by atoms with Crippen molar-refractivity contribution in [3.05, 3.63) is 82.2 Å². The fourth-order valence-electron chi connectivity index (χ4n) is 5.66. The number of hydrogen-bond donors (Lipinski definition) is 4. The number of halogens is 1. The fourth-order valence-corrected chi connectivity index (χ4v) is 5.66. The molecule has 0 amide bonds. The van der Waals surface area contributed by atoms with Crippen LogP contribution >= 0.6 is 0 Å². The molecule has 8 nitrogen and oxygen atoms in total. The summed E-state index contributed by atoms with van der Waals surface area (Å²) in [5.74, 6) is 0.581. The first-order valence-corrected chi connectivity index (χ1v) is 13.0. The Hall–Kier alpha value is -4.08. The van der Waals surface area contributed by atoms with Gasteiger partial charge in [-0.25, -0.2) is 9.37 Å². The van der Waals surface area contributed by atoms with E-state index in [9.17, 15) is 9.90 Å². The van der Waals surface area contributed by atoms with Crippen molar-refractivity contribution >= 4 is 27.6 Å². The first-order chi connectivity index (χ1) is 18.6. The van der Waals surface area contributed by atoms with Crippen molar-refractivity contribution in [3.63, 3.8) is 0 Å². The van der Waals surface area contributed by atoms with Gasteiger partial charge in [0.25, 0.3) is 5.56 Å². The molecule has 7 rings (SSSR count). The lowest BCUT2D eigenvalue weighted by Gasteiger charge is -2.17. The minimum atomic E-state index is -0.503. The number of fused-ring (bicyclic) bond motifs is 2. The normalized spacial score (nSPS) is 17.5. The summed E-state index contributed by atoms with van der Waals surface area (Å²) < 4.78 is 16.6. The molecule has 0 radical (unpaired) electrons. The summed E-state index contributed by atoms with van der Waals surface area (Å²) in [7, 11) is 0. The van der Waals surface area contributed by atoms with Crippen molar-refractivity contribution in [3.8, 4) is 16.8 Å². The van der Waals surface area contributed by atoms with Crippen molar-refractivity contribution < 1.29 is 9.50 Å². The Morgan fingerprint density at radius 1 is 1.11 bits per heavy atom. The van der Waals surface area contributed by atoms with Gasteiger partial charge in [0.1, 0.15) is 5.82 Å². The number of aromatic nitrogens is 4. The van der Waals surface area contributed by atoms with Crippen molar-refractivity contribution in [2.45, 2.75) is 37.8 Å². The number of aliphatic hydroxyl groups excluding tert-OH is 1. The zero-order chi connectivity index (χ0) is 25.8. The van der Waals surface area contributed by atoms with Crippen LogP contribution in [0.3, 0.4) is 0 Å². The van der Waals surface area contributed by atoms with Crippen LogP contribution < -0.4 is 16.2 Å². The monoisotopic (exact) mass is 510 g/mol. The van der Waals surface area contributed by atoms with E-state index in [4.69, 9.17) is 0 Å². The smallest absolute Gasteiger partial charge is 0.265 e. The van der Waals surface area contributed by atoms with E-state index >= 15 is 4.39 Å². The highest BCUT2D eigenvalue weighted by Gasteiger charge is 2.26. The second-order valence-corrected chi connectivity index (χ2v) is 10.2. The average molecular weight is 511 g/mol. The number of pyridine rings is 2. The van der Waals surface area contributed by atoms with E-state index in [0.717, 1.165) is 54.4 Å². The number of rotatable bonds is 6. The predicted octanol–water partition coefficient (Wildman–Crippen LogP) is 4.21. The molecule has 1 atom stereocenters. The first-order valence-electron chi connectivity index (χ1n) is 13.0. The Bertz CT molecular complexity index is 1750. The second-order valence-electron chi connectivity index (χ2n) is 10.2. The standard InChI is InChI=1S/C29H27FN6O2/c30-23-13-18(16-4-5-16)12-17-8-11-36(29(38)25(17)23)24-3-1-2-20(22(24)15-37)21-7-10-32-27-26(21)28(35-34-27)33-19-6-9-31-14-19/h1-3,7-8,10-13,16,19,31,37H,4-6,9,14-15H2,(H2,32,33,34,35)/t19-/m1/s1. The Kier molecular flexibility index (Phi) is 5.49. The lowest BCUT2D eigenvalue weighted by molar-refractivity contribution is 0.282. The SMILES string of the molecule is O=c1c2c(F)cc(C3CC3)cc2ccn1-c1cccc(-c2ccnc3[nH]nc(N[C@@H]4CCNC4)c23)c1CO. The zero-order valence-corrected chi connectivity index (χ0v) is 20.7. The fraction of sp³-hybridized carbons (Fsp3) is 0.276. The maximum atomic E-state index is 15.2. The van der Waals surface area contributed by atoms with Gasteiger partial charge >= 0.3 is 0 Å². The lowest BCUT2D eigenvalue weighted by Crippen LogP contribution is -2.22. The molecule has 4 N–H and O–H groups in total. The van der Waals surface area contributed by atoms with Gasteiger partial charge in [-0.2, -0.15) is 5.10 Å². The molecule has 4 heterocycles. The number of benzene rings is 2. The Labute approximate surface area is 217 Å². The van der Waals surface area contributed by atoms with Crippen molar-refractivity contribution in [2.24, 2.45) is 0 Å². The van der Waals surface area contributed by atoms with E-state index in [1.54, 1.807) is 24.5 Å². The largest absolute Gasteiger partial charge is 0.392 e. The van der Waals surface area contributed by atoms with Crippen LogP contribution in [-0.2, 0) is 6.61 Å². The quantitative estimate of drug-likeness (QED) is 0.273. The lowest BCUT2D eigenvalue weighted by atomic mass is 9.96. The maximum absolute atomic E-state index is 15.2. The highest BCUT2D eigenvalue weighted by molar-refractivity contribution is 6.01. The number of nitrogens with zero attached hydrogens (tertiary/aromatic N) is 3. The number of aromatic amines is 1. The van der Waals surface area contributed by atoms with E-state index < -0.39 is 11.4 Å². The van der Waals surface area contributed by atoms with Crippen molar-refractivity contribution in [1.29, 1.82) is 0 Å².